The van der Waals surface area contributed by atoms with Crippen molar-refractivity contribution in [1.82, 2.24) is 5.32 Å². The SMILES string of the molecule is Cc1cc2c(cc1C)O[C@H](C(=O)N[C@@]1(C#N)CCSC1)C2. The zero-order valence-corrected chi connectivity index (χ0v) is 13.0. The number of hydrogen-bond acceptors (Lipinski definition) is 4. The molecular formula is C16H18N2O2S. The maximum Gasteiger partial charge on any atom is 0.262 e. The highest BCUT2D eigenvalue weighted by Gasteiger charge is 2.39. The van der Waals surface area contributed by atoms with Crippen molar-refractivity contribution in [2.45, 2.75) is 38.3 Å². The summed E-state index contributed by atoms with van der Waals surface area (Å²) >= 11 is 1.70. The minimum absolute atomic E-state index is 0.175. The molecule has 0 unspecified atom stereocenters. The first kappa shape index (κ1) is 14.3. The molecule has 2 aliphatic rings. The second-order valence-electron chi connectivity index (χ2n) is 5.84. The molecule has 2 aliphatic heterocycles. The molecule has 0 bridgehead atoms. The Labute approximate surface area is 128 Å². The van der Waals surface area contributed by atoms with E-state index in [2.05, 4.69) is 24.4 Å². The highest BCUT2D eigenvalue weighted by molar-refractivity contribution is 7.99. The Kier molecular flexibility index (Phi) is 3.58. The molecule has 1 N–H and O–H groups in total. The smallest absolute Gasteiger partial charge is 0.262 e. The summed E-state index contributed by atoms with van der Waals surface area (Å²) in [5, 5.41) is 12.2. The normalized spacial score (nSPS) is 26.8. The summed E-state index contributed by atoms with van der Waals surface area (Å²) in [5.74, 6) is 2.20. The predicted octanol–water partition coefficient (Wildman–Crippen LogP) is 2.12. The van der Waals surface area contributed by atoms with Crippen molar-refractivity contribution in [3.63, 3.8) is 0 Å². The number of nitrogens with one attached hydrogen (secondary N) is 1. The van der Waals surface area contributed by atoms with Gasteiger partial charge >= 0.3 is 0 Å². The first-order valence-corrected chi connectivity index (χ1v) is 8.26. The van der Waals surface area contributed by atoms with Crippen LogP contribution in [0.3, 0.4) is 0 Å². The molecular weight excluding hydrogens is 284 g/mol. The summed E-state index contributed by atoms with van der Waals surface area (Å²) in [6, 6.07) is 6.34. The molecule has 3 rings (SSSR count). The molecule has 2 atom stereocenters. The lowest BCUT2D eigenvalue weighted by Gasteiger charge is -2.23. The van der Waals surface area contributed by atoms with E-state index in [1.807, 2.05) is 13.0 Å². The number of fused-ring (bicyclic) bond motifs is 1. The number of nitrogens with zero attached hydrogens (tertiary/aromatic N) is 1. The van der Waals surface area contributed by atoms with Gasteiger partial charge in [-0.2, -0.15) is 17.0 Å². The lowest BCUT2D eigenvalue weighted by Crippen LogP contribution is -2.52. The molecule has 5 heteroatoms. The summed E-state index contributed by atoms with van der Waals surface area (Å²) in [4.78, 5) is 12.4. The van der Waals surface area contributed by atoms with E-state index >= 15 is 0 Å². The van der Waals surface area contributed by atoms with Gasteiger partial charge in [0.1, 0.15) is 11.3 Å². The van der Waals surface area contributed by atoms with Gasteiger partial charge in [-0.25, -0.2) is 0 Å². The van der Waals surface area contributed by atoms with Gasteiger partial charge in [0.15, 0.2) is 6.10 Å². The highest BCUT2D eigenvalue weighted by atomic mass is 32.2. The molecule has 4 nitrogen and oxygen atoms in total. The monoisotopic (exact) mass is 302 g/mol. The lowest BCUT2D eigenvalue weighted by molar-refractivity contribution is -0.128. The first-order chi connectivity index (χ1) is 10.0. The molecule has 21 heavy (non-hydrogen) atoms. The second-order valence-corrected chi connectivity index (χ2v) is 6.95. The average molecular weight is 302 g/mol. The number of aryl methyl sites for hydroxylation is 2. The van der Waals surface area contributed by atoms with Crippen LogP contribution >= 0.6 is 11.8 Å². The Morgan fingerprint density at radius 2 is 2.24 bits per heavy atom. The fourth-order valence-electron chi connectivity index (χ4n) is 2.76. The van der Waals surface area contributed by atoms with E-state index in [-0.39, 0.29) is 5.91 Å². The molecule has 1 fully saturated rings. The minimum atomic E-state index is -0.717. The van der Waals surface area contributed by atoms with Gasteiger partial charge < -0.3 is 10.1 Å². The third-order valence-electron chi connectivity index (χ3n) is 4.24. The summed E-state index contributed by atoms with van der Waals surface area (Å²) < 4.78 is 5.78. The molecule has 1 amide bonds. The van der Waals surface area contributed by atoms with Gasteiger partial charge in [-0.15, -0.1) is 0 Å². The van der Waals surface area contributed by atoms with Crippen molar-refractivity contribution >= 4 is 17.7 Å². The van der Waals surface area contributed by atoms with Crippen molar-refractivity contribution in [1.29, 1.82) is 5.26 Å². The molecule has 0 spiro atoms. The second kappa shape index (κ2) is 5.27. The fraction of sp³-hybridized carbons (Fsp3) is 0.500. The third-order valence-corrected chi connectivity index (χ3v) is 5.43. The van der Waals surface area contributed by atoms with Crippen LogP contribution < -0.4 is 10.1 Å². The van der Waals surface area contributed by atoms with Crippen molar-refractivity contribution < 1.29 is 9.53 Å². The van der Waals surface area contributed by atoms with E-state index in [0.29, 0.717) is 18.6 Å². The minimum Gasteiger partial charge on any atom is -0.480 e. The fourth-order valence-corrected chi connectivity index (χ4v) is 4.02. The summed E-state index contributed by atoms with van der Waals surface area (Å²) in [6.45, 7) is 4.09. The van der Waals surface area contributed by atoms with E-state index in [4.69, 9.17) is 4.74 Å². The van der Waals surface area contributed by atoms with Gasteiger partial charge in [-0.05, 0) is 48.8 Å². The number of carbonyl (C=O) groups excluding carboxylic acids is 1. The average Bonchev–Trinajstić information content (AvgIpc) is 3.07. The summed E-state index contributed by atoms with van der Waals surface area (Å²) in [7, 11) is 0. The molecule has 0 aliphatic carbocycles. The lowest BCUT2D eigenvalue weighted by atomic mass is 9.99. The Hall–Kier alpha value is -1.67. The van der Waals surface area contributed by atoms with Crippen molar-refractivity contribution in [3.05, 3.63) is 28.8 Å². The number of benzene rings is 1. The summed E-state index contributed by atoms with van der Waals surface area (Å²) in [6.07, 6.45) is 0.770. The van der Waals surface area contributed by atoms with Crippen LogP contribution in [-0.2, 0) is 11.2 Å². The number of hydrogen-bond donors (Lipinski definition) is 1. The van der Waals surface area contributed by atoms with E-state index in [1.54, 1.807) is 11.8 Å². The van der Waals surface area contributed by atoms with E-state index in [0.717, 1.165) is 22.6 Å². The topological polar surface area (TPSA) is 62.1 Å². The molecule has 0 saturated carbocycles. The van der Waals surface area contributed by atoms with Gasteiger partial charge in [0.2, 0.25) is 0 Å². The maximum absolute atomic E-state index is 12.4. The van der Waals surface area contributed by atoms with Gasteiger partial charge in [-0.1, -0.05) is 6.07 Å². The van der Waals surface area contributed by atoms with Crippen LogP contribution in [-0.4, -0.2) is 29.1 Å². The Bertz CT molecular complexity index is 599. The van der Waals surface area contributed by atoms with Gasteiger partial charge in [-0.3, -0.25) is 4.79 Å². The van der Waals surface area contributed by atoms with Crippen LogP contribution in [0.5, 0.6) is 5.75 Å². The number of ether oxygens (including phenoxy) is 1. The molecule has 2 heterocycles. The number of rotatable bonds is 2. The van der Waals surface area contributed by atoms with Gasteiger partial charge in [0.25, 0.3) is 5.91 Å². The zero-order chi connectivity index (χ0) is 15.0. The third kappa shape index (κ3) is 2.60. The van der Waals surface area contributed by atoms with E-state index in [9.17, 15) is 10.1 Å². The van der Waals surface area contributed by atoms with Gasteiger partial charge in [0.05, 0.1) is 6.07 Å². The number of nitriles is 1. The quantitative estimate of drug-likeness (QED) is 0.909. The predicted molar refractivity (Wildman–Crippen MR) is 82.5 cm³/mol. The number of thioether (sulfide) groups is 1. The Balaban J connectivity index is 1.72. The molecule has 1 saturated heterocycles. The highest BCUT2D eigenvalue weighted by Crippen LogP contribution is 2.32. The molecule has 0 radical (unpaired) electrons. The van der Waals surface area contributed by atoms with Crippen LogP contribution in [0.25, 0.3) is 0 Å². The van der Waals surface area contributed by atoms with E-state index < -0.39 is 11.6 Å². The van der Waals surface area contributed by atoms with Crippen LogP contribution in [0.1, 0.15) is 23.1 Å². The van der Waals surface area contributed by atoms with Crippen molar-refractivity contribution in [2.75, 3.05) is 11.5 Å². The van der Waals surface area contributed by atoms with Crippen LogP contribution in [0, 0.1) is 25.2 Å². The van der Waals surface area contributed by atoms with Crippen LogP contribution in [0.4, 0.5) is 0 Å². The van der Waals surface area contributed by atoms with Crippen molar-refractivity contribution in [2.24, 2.45) is 0 Å². The Morgan fingerprint density at radius 3 is 2.90 bits per heavy atom. The Morgan fingerprint density at radius 1 is 1.48 bits per heavy atom. The largest absolute Gasteiger partial charge is 0.480 e. The standard InChI is InChI=1S/C16H18N2O2S/c1-10-5-12-7-14(20-13(12)6-11(10)2)15(19)18-16(8-17)3-4-21-9-16/h5-6,14H,3-4,7,9H2,1-2H3,(H,18,19)/t14-,16+/m0/s1. The molecule has 1 aromatic rings. The molecule has 0 aromatic heterocycles. The molecule has 1 aromatic carbocycles. The van der Waals surface area contributed by atoms with Gasteiger partial charge in [0, 0.05) is 12.2 Å². The van der Waals surface area contributed by atoms with Crippen LogP contribution in [0.15, 0.2) is 12.1 Å². The first-order valence-electron chi connectivity index (χ1n) is 7.11. The van der Waals surface area contributed by atoms with E-state index in [1.165, 1.54) is 5.56 Å². The number of amides is 1. The molecule has 110 valence electrons. The summed E-state index contributed by atoms with van der Waals surface area (Å²) in [5.41, 5.74) is 2.73. The maximum atomic E-state index is 12.4. The number of carbonyl (C=O) groups is 1. The zero-order valence-electron chi connectivity index (χ0n) is 12.2. The van der Waals surface area contributed by atoms with Crippen LogP contribution in [0.2, 0.25) is 0 Å². The van der Waals surface area contributed by atoms with Crippen molar-refractivity contribution in [3.8, 4) is 11.8 Å².